The van der Waals surface area contributed by atoms with Crippen molar-refractivity contribution in [2.24, 2.45) is 4.99 Å². The Morgan fingerprint density at radius 1 is 1.41 bits per heavy atom. The second-order valence-electron chi connectivity index (χ2n) is 4.85. The molecule has 0 unspecified atom stereocenters. The number of aliphatic imine (C=N–C) groups is 1. The Labute approximate surface area is 126 Å². The molecule has 0 bridgehead atoms. The van der Waals surface area contributed by atoms with Gasteiger partial charge < -0.3 is 10.8 Å². The first kappa shape index (κ1) is 15.6. The van der Waals surface area contributed by atoms with Crippen LogP contribution in [-0.2, 0) is 6.54 Å². The maximum atomic E-state index is 11.8. The molecule has 0 aliphatic carbocycles. The van der Waals surface area contributed by atoms with Gasteiger partial charge in [-0.05, 0) is 24.6 Å². The summed E-state index contributed by atoms with van der Waals surface area (Å²) in [6, 6.07) is 6.79. The molecule has 22 heavy (non-hydrogen) atoms. The fourth-order valence-corrected chi connectivity index (χ4v) is 1.96. The van der Waals surface area contributed by atoms with E-state index in [1.807, 2.05) is 6.92 Å². The van der Waals surface area contributed by atoms with Crippen LogP contribution < -0.4 is 17.0 Å². The topological polar surface area (TPSA) is 113 Å². The monoisotopic (exact) mass is 302 g/mol. The maximum Gasteiger partial charge on any atom is 0.331 e. The summed E-state index contributed by atoms with van der Waals surface area (Å²) in [4.78, 5) is 29.8. The molecule has 0 radical (unpaired) electrons. The van der Waals surface area contributed by atoms with Crippen molar-refractivity contribution in [3.8, 4) is 5.88 Å². The highest BCUT2D eigenvalue weighted by atomic mass is 16.3. The highest BCUT2D eigenvalue weighted by Crippen LogP contribution is 2.16. The minimum absolute atomic E-state index is 0.0573. The van der Waals surface area contributed by atoms with Crippen LogP contribution in [0.25, 0.3) is 0 Å². The van der Waals surface area contributed by atoms with Gasteiger partial charge in [-0.25, -0.2) is 4.79 Å². The average molecular weight is 302 g/mol. The fraction of sp³-hybridized carbons (Fsp3) is 0.267. The number of aromatic hydroxyl groups is 1. The Bertz CT molecular complexity index is 805. The van der Waals surface area contributed by atoms with E-state index in [1.54, 1.807) is 24.3 Å². The van der Waals surface area contributed by atoms with Gasteiger partial charge in [-0.2, -0.15) is 0 Å². The van der Waals surface area contributed by atoms with Crippen molar-refractivity contribution < 1.29 is 5.11 Å². The third-order valence-corrected chi connectivity index (χ3v) is 3.16. The van der Waals surface area contributed by atoms with Gasteiger partial charge in [0.05, 0.1) is 5.69 Å². The number of rotatable bonds is 5. The van der Waals surface area contributed by atoms with E-state index in [9.17, 15) is 14.7 Å². The molecule has 0 atom stereocenters. The third-order valence-electron chi connectivity index (χ3n) is 3.16. The number of anilines is 1. The molecule has 1 heterocycles. The largest absolute Gasteiger partial charge is 0.494 e. The predicted molar refractivity (Wildman–Crippen MR) is 86.0 cm³/mol. The van der Waals surface area contributed by atoms with Crippen LogP contribution in [0.1, 0.15) is 25.3 Å². The van der Waals surface area contributed by atoms with Crippen molar-refractivity contribution >= 4 is 17.6 Å². The summed E-state index contributed by atoms with van der Waals surface area (Å²) >= 11 is 0. The van der Waals surface area contributed by atoms with Crippen molar-refractivity contribution in [1.29, 1.82) is 0 Å². The molecular formula is C15H18N4O3. The molecule has 2 aromatic rings. The lowest BCUT2D eigenvalue weighted by molar-refractivity contribution is 0.394. The third kappa shape index (κ3) is 3.43. The highest BCUT2D eigenvalue weighted by molar-refractivity contribution is 5.84. The normalized spacial score (nSPS) is 11.1. The van der Waals surface area contributed by atoms with Gasteiger partial charge in [0.25, 0.3) is 5.56 Å². The highest BCUT2D eigenvalue weighted by Gasteiger charge is 2.12. The number of nitrogens with two attached hydrogens (primary N) is 1. The van der Waals surface area contributed by atoms with Crippen LogP contribution in [0.3, 0.4) is 0 Å². The first-order chi connectivity index (χ1) is 10.5. The van der Waals surface area contributed by atoms with E-state index in [0.717, 1.165) is 11.0 Å². The molecule has 0 aliphatic heterocycles. The first-order valence-corrected chi connectivity index (χ1v) is 6.98. The lowest BCUT2D eigenvalue weighted by atomic mass is 10.3. The molecule has 116 valence electrons. The van der Waals surface area contributed by atoms with Crippen LogP contribution in [0.4, 0.5) is 11.4 Å². The Hall–Kier alpha value is -2.83. The lowest BCUT2D eigenvalue weighted by Crippen LogP contribution is -2.32. The summed E-state index contributed by atoms with van der Waals surface area (Å²) in [5.41, 5.74) is 5.38. The zero-order valence-electron chi connectivity index (χ0n) is 12.2. The van der Waals surface area contributed by atoms with Gasteiger partial charge in [0.15, 0.2) is 0 Å². The lowest BCUT2D eigenvalue weighted by Gasteiger charge is -2.08. The van der Waals surface area contributed by atoms with E-state index in [0.29, 0.717) is 24.3 Å². The van der Waals surface area contributed by atoms with E-state index >= 15 is 0 Å². The van der Waals surface area contributed by atoms with Gasteiger partial charge in [-0.3, -0.25) is 19.3 Å². The Morgan fingerprint density at radius 3 is 2.86 bits per heavy atom. The Kier molecular flexibility index (Phi) is 4.77. The van der Waals surface area contributed by atoms with Gasteiger partial charge in [0, 0.05) is 18.4 Å². The number of H-pyrrole nitrogens is 1. The van der Waals surface area contributed by atoms with Crippen molar-refractivity contribution in [2.45, 2.75) is 26.3 Å². The van der Waals surface area contributed by atoms with Crippen LogP contribution in [0.2, 0.25) is 0 Å². The van der Waals surface area contributed by atoms with E-state index in [1.165, 1.54) is 6.21 Å². The second-order valence-corrected chi connectivity index (χ2v) is 4.85. The quantitative estimate of drug-likeness (QED) is 0.571. The smallest absolute Gasteiger partial charge is 0.331 e. The van der Waals surface area contributed by atoms with Gasteiger partial charge in [0.1, 0.15) is 5.56 Å². The number of aromatic nitrogens is 2. The van der Waals surface area contributed by atoms with Gasteiger partial charge in [-0.15, -0.1) is 0 Å². The summed E-state index contributed by atoms with van der Waals surface area (Å²) in [6.07, 6.45) is 2.80. The molecular weight excluding hydrogens is 284 g/mol. The van der Waals surface area contributed by atoms with Crippen molar-refractivity contribution in [2.75, 3.05) is 5.73 Å². The van der Waals surface area contributed by atoms with Crippen molar-refractivity contribution in [1.82, 2.24) is 9.55 Å². The summed E-state index contributed by atoms with van der Waals surface area (Å²) in [5, 5.41) is 10.1. The molecule has 0 saturated carbocycles. The zero-order chi connectivity index (χ0) is 16.1. The van der Waals surface area contributed by atoms with Crippen LogP contribution >= 0.6 is 0 Å². The first-order valence-electron chi connectivity index (χ1n) is 6.98. The predicted octanol–water partition coefficient (Wildman–Crippen LogP) is 1.38. The van der Waals surface area contributed by atoms with Crippen LogP contribution in [0, 0.1) is 0 Å². The molecule has 0 spiro atoms. The molecule has 0 amide bonds. The summed E-state index contributed by atoms with van der Waals surface area (Å²) < 4.78 is 1.13. The summed E-state index contributed by atoms with van der Waals surface area (Å²) in [7, 11) is 0. The SMILES string of the molecule is CCCCn1c(O)c(C=Nc2cccc(N)c2)c(=O)[nH]c1=O. The fourth-order valence-electron chi connectivity index (χ4n) is 1.96. The van der Waals surface area contributed by atoms with Crippen molar-refractivity contribution in [3.63, 3.8) is 0 Å². The number of hydrogen-bond donors (Lipinski definition) is 3. The van der Waals surface area contributed by atoms with E-state index in [4.69, 9.17) is 5.73 Å². The number of nitrogen functional groups attached to an aromatic ring is 1. The molecule has 7 nitrogen and oxygen atoms in total. The van der Waals surface area contributed by atoms with Crippen LogP contribution in [-0.4, -0.2) is 20.9 Å². The van der Waals surface area contributed by atoms with Gasteiger partial charge in [0.2, 0.25) is 5.88 Å². The van der Waals surface area contributed by atoms with Gasteiger partial charge >= 0.3 is 5.69 Å². The molecule has 1 aromatic heterocycles. The number of unbranched alkanes of at least 4 members (excludes halogenated alkanes) is 1. The van der Waals surface area contributed by atoms with Gasteiger partial charge in [-0.1, -0.05) is 19.4 Å². The Morgan fingerprint density at radius 2 is 2.18 bits per heavy atom. The standard InChI is InChI=1S/C15H18N4O3/c1-2-3-7-19-14(21)12(13(20)18-15(19)22)9-17-11-6-4-5-10(16)8-11/h4-6,8-9,21H,2-3,7,16H2,1H3,(H,18,20,22). The minimum atomic E-state index is -0.678. The van der Waals surface area contributed by atoms with Crippen molar-refractivity contribution in [3.05, 3.63) is 50.7 Å². The molecule has 7 heteroatoms. The molecule has 0 saturated heterocycles. The number of benzene rings is 1. The maximum absolute atomic E-state index is 11.8. The average Bonchev–Trinajstić information content (AvgIpc) is 2.46. The number of nitrogens with zero attached hydrogens (tertiary/aromatic N) is 2. The second kappa shape index (κ2) is 6.75. The molecule has 1 aromatic carbocycles. The number of aromatic amines is 1. The molecule has 0 aliphatic rings. The number of hydrogen-bond acceptors (Lipinski definition) is 5. The minimum Gasteiger partial charge on any atom is -0.494 e. The molecule has 2 rings (SSSR count). The zero-order valence-corrected chi connectivity index (χ0v) is 12.2. The molecule has 4 N–H and O–H groups in total. The van der Waals surface area contributed by atoms with Crippen LogP contribution in [0.5, 0.6) is 5.88 Å². The summed E-state index contributed by atoms with van der Waals surface area (Å²) in [5.74, 6) is -0.380. The van der Waals surface area contributed by atoms with E-state index in [-0.39, 0.29) is 11.4 Å². The number of nitrogens with one attached hydrogen (secondary N) is 1. The van der Waals surface area contributed by atoms with Crippen LogP contribution in [0.15, 0.2) is 38.8 Å². The summed E-state index contributed by atoms with van der Waals surface area (Å²) in [6.45, 7) is 2.30. The molecule has 0 fully saturated rings. The Balaban J connectivity index is 2.42. The van der Waals surface area contributed by atoms with E-state index in [2.05, 4.69) is 9.98 Å². The van der Waals surface area contributed by atoms with E-state index < -0.39 is 11.2 Å².